The summed E-state index contributed by atoms with van der Waals surface area (Å²) in [5.74, 6) is 1.50. The minimum absolute atomic E-state index is 0.580. The van der Waals surface area contributed by atoms with Crippen molar-refractivity contribution in [3.63, 3.8) is 0 Å². The van der Waals surface area contributed by atoms with E-state index < -0.39 is 0 Å². The number of hydrogen-bond donors (Lipinski definition) is 0. The molecular formula is C13H10Cl2N4. The molecule has 0 aliphatic carbocycles. The van der Waals surface area contributed by atoms with Gasteiger partial charge in [0.15, 0.2) is 5.65 Å². The fourth-order valence-corrected chi connectivity index (χ4v) is 2.55. The van der Waals surface area contributed by atoms with Crippen LogP contribution < -0.4 is 0 Å². The zero-order valence-corrected chi connectivity index (χ0v) is 11.9. The summed E-state index contributed by atoms with van der Waals surface area (Å²) < 4.78 is 1.70. The van der Waals surface area contributed by atoms with Crippen LogP contribution >= 0.6 is 23.2 Å². The number of aryl methyl sites for hydroxylation is 2. The van der Waals surface area contributed by atoms with Crippen molar-refractivity contribution in [3.8, 4) is 11.1 Å². The molecule has 0 fully saturated rings. The number of nitrogens with zero attached hydrogens (tertiary/aromatic N) is 4. The van der Waals surface area contributed by atoms with Crippen LogP contribution in [-0.4, -0.2) is 19.6 Å². The topological polar surface area (TPSA) is 43.1 Å². The van der Waals surface area contributed by atoms with Crippen molar-refractivity contribution in [1.29, 1.82) is 0 Å². The first-order valence-corrected chi connectivity index (χ1v) is 6.46. The second-order valence-electron chi connectivity index (χ2n) is 4.24. The Labute approximate surface area is 120 Å². The Morgan fingerprint density at radius 1 is 1.05 bits per heavy atom. The molecule has 0 amide bonds. The third-order valence-electron chi connectivity index (χ3n) is 2.86. The molecule has 3 rings (SSSR count). The summed E-state index contributed by atoms with van der Waals surface area (Å²) in [6, 6.07) is 5.38. The maximum atomic E-state index is 6.24. The first-order valence-electron chi connectivity index (χ1n) is 5.70. The van der Waals surface area contributed by atoms with Gasteiger partial charge in [-0.3, -0.25) is 0 Å². The van der Waals surface area contributed by atoms with Crippen molar-refractivity contribution in [2.75, 3.05) is 0 Å². The average molecular weight is 293 g/mol. The molecule has 0 aliphatic rings. The lowest BCUT2D eigenvalue weighted by Crippen LogP contribution is -2.01. The minimum Gasteiger partial charge on any atom is -0.219 e. The van der Waals surface area contributed by atoms with Crippen molar-refractivity contribution >= 4 is 28.8 Å². The Morgan fingerprint density at radius 2 is 1.84 bits per heavy atom. The summed E-state index contributed by atoms with van der Waals surface area (Å²) in [6.07, 6.45) is 1.74. The van der Waals surface area contributed by atoms with Gasteiger partial charge < -0.3 is 0 Å². The molecule has 0 unspecified atom stereocenters. The zero-order chi connectivity index (χ0) is 13.6. The summed E-state index contributed by atoms with van der Waals surface area (Å²) >= 11 is 12.2. The smallest absolute Gasteiger partial charge is 0.167 e. The molecule has 2 aromatic heterocycles. The van der Waals surface area contributed by atoms with Crippen LogP contribution in [0.3, 0.4) is 0 Å². The number of aromatic nitrogens is 4. The van der Waals surface area contributed by atoms with Crippen LogP contribution in [0.15, 0.2) is 24.4 Å². The molecule has 96 valence electrons. The van der Waals surface area contributed by atoms with E-state index in [9.17, 15) is 0 Å². The standard InChI is InChI=1S/C13H10Cl2N4/c1-7-17-8(2)19-13(18-7)11(6-16-19)10-4-3-9(14)5-12(10)15/h3-6H,1-2H3. The number of hydrogen-bond acceptors (Lipinski definition) is 3. The highest BCUT2D eigenvalue weighted by atomic mass is 35.5. The zero-order valence-electron chi connectivity index (χ0n) is 10.4. The van der Waals surface area contributed by atoms with Crippen LogP contribution in [-0.2, 0) is 0 Å². The highest BCUT2D eigenvalue weighted by Gasteiger charge is 2.13. The summed E-state index contributed by atoms with van der Waals surface area (Å²) in [4.78, 5) is 8.71. The minimum atomic E-state index is 0.580. The van der Waals surface area contributed by atoms with Crippen molar-refractivity contribution in [3.05, 3.63) is 46.1 Å². The van der Waals surface area contributed by atoms with E-state index in [1.807, 2.05) is 19.9 Å². The lowest BCUT2D eigenvalue weighted by atomic mass is 10.1. The fraction of sp³-hybridized carbons (Fsp3) is 0.154. The Morgan fingerprint density at radius 3 is 2.58 bits per heavy atom. The number of fused-ring (bicyclic) bond motifs is 1. The number of halogens is 2. The lowest BCUT2D eigenvalue weighted by Gasteiger charge is -2.04. The van der Waals surface area contributed by atoms with E-state index >= 15 is 0 Å². The molecule has 19 heavy (non-hydrogen) atoms. The van der Waals surface area contributed by atoms with E-state index in [-0.39, 0.29) is 0 Å². The second-order valence-corrected chi connectivity index (χ2v) is 5.08. The molecule has 0 aliphatic heterocycles. The third kappa shape index (κ3) is 2.07. The third-order valence-corrected chi connectivity index (χ3v) is 3.41. The van der Waals surface area contributed by atoms with Gasteiger partial charge in [-0.05, 0) is 26.0 Å². The highest BCUT2D eigenvalue weighted by molar-refractivity contribution is 6.36. The summed E-state index contributed by atoms with van der Waals surface area (Å²) in [7, 11) is 0. The molecule has 0 saturated heterocycles. The van der Waals surface area contributed by atoms with E-state index in [1.54, 1.807) is 22.8 Å². The van der Waals surface area contributed by atoms with Gasteiger partial charge in [-0.15, -0.1) is 0 Å². The summed E-state index contributed by atoms with van der Waals surface area (Å²) in [5, 5.41) is 5.48. The quantitative estimate of drug-likeness (QED) is 0.687. The molecule has 0 radical (unpaired) electrons. The molecule has 0 bridgehead atoms. The average Bonchev–Trinajstić information content (AvgIpc) is 2.73. The molecule has 4 nitrogen and oxygen atoms in total. The van der Waals surface area contributed by atoms with Crippen LogP contribution in [0, 0.1) is 13.8 Å². The van der Waals surface area contributed by atoms with Gasteiger partial charge in [0.1, 0.15) is 11.6 Å². The Kier molecular flexibility index (Phi) is 2.92. The van der Waals surface area contributed by atoms with Crippen molar-refractivity contribution < 1.29 is 0 Å². The molecule has 6 heteroatoms. The molecule has 0 spiro atoms. The van der Waals surface area contributed by atoms with E-state index in [2.05, 4.69) is 15.1 Å². The first kappa shape index (κ1) is 12.4. The van der Waals surface area contributed by atoms with E-state index in [0.29, 0.717) is 15.9 Å². The van der Waals surface area contributed by atoms with Gasteiger partial charge >= 0.3 is 0 Å². The van der Waals surface area contributed by atoms with Gasteiger partial charge in [-0.25, -0.2) is 14.5 Å². The van der Waals surface area contributed by atoms with Crippen LogP contribution in [0.4, 0.5) is 0 Å². The van der Waals surface area contributed by atoms with Crippen molar-refractivity contribution in [1.82, 2.24) is 19.6 Å². The molecular weight excluding hydrogens is 283 g/mol. The van der Waals surface area contributed by atoms with Crippen LogP contribution in [0.1, 0.15) is 11.6 Å². The fourth-order valence-electron chi connectivity index (χ4n) is 2.04. The maximum absolute atomic E-state index is 6.24. The molecule has 3 aromatic rings. The lowest BCUT2D eigenvalue weighted by molar-refractivity contribution is 0.818. The first-order chi connectivity index (χ1) is 9.06. The second kappa shape index (κ2) is 4.47. The van der Waals surface area contributed by atoms with Gasteiger partial charge in [-0.2, -0.15) is 5.10 Å². The number of benzene rings is 1. The van der Waals surface area contributed by atoms with Gasteiger partial charge in [0.25, 0.3) is 0 Å². The van der Waals surface area contributed by atoms with Gasteiger partial charge in [0.05, 0.1) is 11.2 Å². The SMILES string of the molecule is Cc1nc(C)n2ncc(-c3ccc(Cl)cc3Cl)c2n1. The van der Waals surface area contributed by atoms with E-state index in [0.717, 1.165) is 22.6 Å². The van der Waals surface area contributed by atoms with Gasteiger partial charge in [0.2, 0.25) is 0 Å². The monoisotopic (exact) mass is 292 g/mol. The normalized spacial score (nSPS) is 11.2. The van der Waals surface area contributed by atoms with Crippen molar-refractivity contribution in [2.45, 2.75) is 13.8 Å². The summed E-state index contributed by atoms with van der Waals surface area (Å²) in [5.41, 5.74) is 2.48. The van der Waals surface area contributed by atoms with Gasteiger partial charge in [-0.1, -0.05) is 29.3 Å². The predicted octanol–water partition coefficient (Wildman–Crippen LogP) is 3.71. The van der Waals surface area contributed by atoms with E-state index in [1.165, 1.54) is 0 Å². The highest BCUT2D eigenvalue weighted by Crippen LogP contribution is 2.32. The maximum Gasteiger partial charge on any atom is 0.167 e. The number of rotatable bonds is 1. The molecule has 0 saturated carbocycles. The van der Waals surface area contributed by atoms with Crippen LogP contribution in [0.5, 0.6) is 0 Å². The molecule has 1 aromatic carbocycles. The van der Waals surface area contributed by atoms with Crippen LogP contribution in [0.2, 0.25) is 10.0 Å². The molecule has 0 atom stereocenters. The van der Waals surface area contributed by atoms with E-state index in [4.69, 9.17) is 23.2 Å². The Hall–Kier alpha value is -1.65. The Balaban J connectivity index is 2.31. The van der Waals surface area contributed by atoms with Crippen molar-refractivity contribution in [2.24, 2.45) is 0 Å². The Bertz CT molecular complexity index is 780. The summed E-state index contributed by atoms with van der Waals surface area (Å²) in [6.45, 7) is 3.75. The molecule has 0 N–H and O–H groups in total. The van der Waals surface area contributed by atoms with Gasteiger partial charge in [0, 0.05) is 16.1 Å². The molecule has 2 heterocycles. The largest absolute Gasteiger partial charge is 0.219 e. The predicted molar refractivity (Wildman–Crippen MR) is 75.7 cm³/mol. The van der Waals surface area contributed by atoms with Crippen LogP contribution in [0.25, 0.3) is 16.8 Å².